The van der Waals surface area contributed by atoms with Crippen molar-refractivity contribution in [2.45, 2.75) is 44.1 Å². The Labute approximate surface area is 201 Å². The van der Waals surface area contributed by atoms with E-state index < -0.39 is 17.4 Å². The van der Waals surface area contributed by atoms with Crippen LogP contribution in [-0.4, -0.2) is 23.8 Å². The second kappa shape index (κ2) is 8.91. The molecule has 2 aromatic rings. The molecule has 0 radical (unpaired) electrons. The lowest BCUT2D eigenvalue weighted by Gasteiger charge is -2.40. The van der Waals surface area contributed by atoms with E-state index in [1.165, 1.54) is 40.5 Å². The second-order valence-electron chi connectivity index (χ2n) is 8.83. The molecule has 2 aliphatic rings. The van der Waals surface area contributed by atoms with Gasteiger partial charge in [0, 0.05) is 24.4 Å². The van der Waals surface area contributed by atoms with E-state index >= 15 is 0 Å². The molecule has 0 saturated heterocycles. The number of thiophene rings is 1. The van der Waals surface area contributed by atoms with Crippen LogP contribution in [0.4, 0.5) is 13.2 Å². The van der Waals surface area contributed by atoms with Gasteiger partial charge in [0.2, 0.25) is 5.91 Å². The van der Waals surface area contributed by atoms with Crippen molar-refractivity contribution >= 4 is 28.8 Å². The summed E-state index contributed by atoms with van der Waals surface area (Å²) in [7, 11) is 1.54. The van der Waals surface area contributed by atoms with E-state index in [2.05, 4.69) is 0 Å². The average molecular weight is 486 g/mol. The minimum Gasteiger partial charge on any atom is -0.369 e. The van der Waals surface area contributed by atoms with Crippen LogP contribution >= 0.6 is 11.3 Å². The van der Waals surface area contributed by atoms with Crippen molar-refractivity contribution in [3.63, 3.8) is 0 Å². The van der Waals surface area contributed by atoms with Gasteiger partial charge in [-0.3, -0.25) is 9.69 Å². The van der Waals surface area contributed by atoms with Gasteiger partial charge in [0.25, 0.3) is 5.92 Å². The first kappa shape index (κ1) is 24.0. The minimum atomic E-state index is -2.98. The van der Waals surface area contributed by atoms with Gasteiger partial charge in [0.1, 0.15) is 11.4 Å². The van der Waals surface area contributed by atoms with Crippen LogP contribution in [0.5, 0.6) is 0 Å². The third-order valence-corrected chi connectivity index (χ3v) is 7.44. The number of hydrogen-bond donors (Lipinski definition) is 1. The summed E-state index contributed by atoms with van der Waals surface area (Å²) in [5.74, 6) is -4.27. The molecule has 8 heteroatoms. The molecule has 1 aliphatic heterocycles. The standard InChI is InChI=1S/C26H26F3N3OS/c1-25(21-14-18(15-34-21)17-7-5-4-6-8-20(27)13-17)22(23(33)32(3)24(30)31-25)16-9-11-19(12-10-16)26(2,28)29/h6-15,22H,4-5H2,1-3H3,(H2,30,31)/t22-,25-/m1/s1. The fourth-order valence-corrected chi connectivity index (χ4v) is 5.35. The summed E-state index contributed by atoms with van der Waals surface area (Å²) in [6, 6.07) is 7.68. The van der Waals surface area contributed by atoms with Crippen LogP contribution in [0.3, 0.4) is 0 Å². The number of amides is 1. The molecular weight excluding hydrogens is 459 g/mol. The molecule has 34 heavy (non-hydrogen) atoms. The van der Waals surface area contributed by atoms with Crippen molar-refractivity contribution in [3.8, 4) is 0 Å². The molecule has 2 heterocycles. The maximum Gasteiger partial charge on any atom is 0.270 e. The first-order chi connectivity index (χ1) is 16.0. The van der Waals surface area contributed by atoms with E-state index in [9.17, 15) is 18.0 Å². The van der Waals surface area contributed by atoms with E-state index in [-0.39, 0.29) is 23.3 Å². The zero-order valence-corrected chi connectivity index (χ0v) is 20.0. The molecule has 0 unspecified atom stereocenters. The Bertz CT molecular complexity index is 1220. The first-order valence-corrected chi connectivity index (χ1v) is 11.8. The average Bonchev–Trinajstić information content (AvgIpc) is 3.25. The number of allylic oxidation sites excluding steroid dienone is 6. The van der Waals surface area contributed by atoms with Crippen molar-refractivity contribution in [2.24, 2.45) is 10.7 Å². The van der Waals surface area contributed by atoms with Crippen LogP contribution < -0.4 is 5.73 Å². The van der Waals surface area contributed by atoms with Gasteiger partial charge in [-0.1, -0.05) is 36.4 Å². The molecule has 1 aliphatic carbocycles. The maximum atomic E-state index is 14.1. The van der Waals surface area contributed by atoms with Crippen molar-refractivity contribution in [1.82, 2.24) is 4.90 Å². The second-order valence-corrected chi connectivity index (χ2v) is 9.74. The molecule has 2 atom stereocenters. The summed E-state index contributed by atoms with van der Waals surface area (Å²) in [5, 5.41) is 1.91. The third kappa shape index (κ3) is 4.46. The van der Waals surface area contributed by atoms with Crippen molar-refractivity contribution < 1.29 is 18.0 Å². The number of halogens is 3. The van der Waals surface area contributed by atoms with E-state index in [0.717, 1.165) is 35.8 Å². The van der Waals surface area contributed by atoms with Crippen LogP contribution in [0.15, 0.2) is 70.8 Å². The van der Waals surface area contributed by atoms with Gasteiger partial charge in [0.15, 0.2) is 5.96 Å². The number of carbonyl (C=O) groups is 1. The first-order valence-electron chi connectivity index (χ1n) is 10.9. The number of hydrogen-bond acceptors (Lipinski definition) is 4. The van der Waals surface area contributed by atoms with Gasteiger partial charge in [-0.2, -0.15) is 0 Å². The third-order valence-electron chi connectivity index (χ3n) is 6.28. The number of likely N-dealkylation sites (N-methyl/N-ethyl adjacent to an activating group) is 1. The lowest BCUT2D eigenvalue weighted by Crippen LogP contribution is -2.52. The van der Waals surface area contributed by atoms with Crippen LogP contribution in [0.25, 0.3) is 5.57 Å². The molecule has 4 rings (SSSR count). The zero-order valence-electron chi connectivity index (χ0n) is 19.2. The lowest BCUT2D eigenvalue weighted by molar-refractivity contribution is -0.130. The summed E-state index contributed by atoms with van der Waals surface area (Å²) in [5.41, 5.74) is 7.06. The number of rotatable bonds is 4. The van der Waals surface area contributed by atoms with Crippen LogP contribution in [0.2, 0.25) is 0 Å². The molecule has 1 aromatic heterocycles. The number of nitrogens with zero attached hydrogens (tertiary/aromatic N) is 2. The van der Waals surface area contributed by atoms with Crippen LogP contribution in [0, 0.1) is 0 Å². The topological polar surface area (TPSA) is 58.7 Å². The number of alkyl halides is 2. The highest BCUT2D eigenvalue weighted by atomic mass is 32.1. The van der Waals surface area contributed by atoms with Crippen LogP contribution in [-0.2, 0) is 16.3 Å². The molecule has 4 nitrogen and oxygen atoms in total. The van der Waals surface area contributed by atoms with Gasteiger partial charge >= 0.3 is 0 Å². The number of guanidine groups is 1. The predicted molar refractivity (Wildman–Crippen MR) is 130 cm³/mol. The van der Waals surface area contributed by atoms with Gasteiger partial charge in [0.05, 0.1) is 5.92 Å². The Morgan fingerprint density at radius 2 is 1.94 bits per heavy atom. The van der Waals surface area contributed by atoms with E-state index in [4.69, 9.17) is 10.7 Å². The molecule has 1 amide bonds. The van der Waals surface area contributed by atoms with Crippen molar-refractivity contribution in [3.05, 3.63) is 87.4 Å². The molecule has 0 fully saturated rings. The Morgan fingerprint density at radius 3 is 2.62 bits per heavy atom. The Hall–Kier alpha value is -3.13. The number of benzene rings is 1. The zero-order chi connectivity index (χ0) is 24.7. The Balaban J connectivity index is 1.79. The largest absolute Gasteiger partial charge is 0.369 e. The minimum absolute atomic E-state index is 0.0802. The number of carbonyl (C=O) groups excluding carboxylic acids is 1. The van der Waals surface area contributed by atoms with Gasteiger partial charge in [-0.05, 0) is 60.1 Å². The quantitative estimate of drug-likeness (QED) is 0.558. The van der Waals surface area contributed by atoms with Gasteiger partial charge in [-0.25, -0.2) is 18.2 Å². The summed E-state index contributed by atoms with van der Waals surface area (Å²) in [6.07, 6.45) is 8.25. The summed E-state index contributed by atoms with van der Waals surface area (Å²) >= 11 is 1.41. The number of aliphatic imine (C=N–C) groups is 1. The predicted octanol–water partition coefficient (Wildman–Crippen LogP) is 6.23. The summed E-state index contributed by atoms with van der Waals surface area (Å²) in [4.78, 5) is 20.1. The highest BCUT2D eigenvalue weighted by molar-refractivity contribution is 7.10. The van der Waals surface area contributed by atoms with E-state index in [0.29, 0.717) is 5.56 Å². The number of nitrogens with two attached hydrogens (primary N) is 1. The molecule has 178 valence electrons. The smallest absolute Gasteiger partial charge is 0.270 e. The highest BCUT2D eigenvalue weighted by Crippen LogP contribution is 2.47. The molecule has 0 spiro atoms. The summed E-state index contributed by atoms with van der Waals surface area (Å²) < 4.78 is 41.6. The van der Waals surface area contributed by atoms with Gasteiger partial charge < -0.3 is 5.73 Å². The molecule has 1 aromatic carbocycles. The van der Waals surface area contributed by atoms with Crippen molar-refractivity contribution in [1.29, 1.82) is 0 Å². The van der Waals surface area contributed by atoms with Crippen molar-refractivity contribution in [2.75, 3.05) is 7.05 Å². The Morgan fingerprint density at radius 1 is 1.24 bits per heavy atom. The SMILES string of the molecule is CN1C(=O)[C@@H](c2ccc(C(C)(F)F)cc2)[C@@](C)(c2cc(C3=CCCC=CC(F)=C3)cs2)N=C1N. The fourth-order valence-electron chi connectivity index (χ4n) is 4.30. The summed E-state index contributed by atoms with van der Waals surface area (Å²) in [6.45, 7) is 2.65. The normalized spacial score (nSPS) is 23.7. The monoisotopic (exact) mass is 485 g/mol. The molecule has 0 bridgehead atoms. The molecule has 0 saturated carbocycles. The Kier molecular flexibility index (Phi) is 6.29. The van der Waals surface area contributed by atoms with E-state index in [1.54, 1.807) is 25.3 Å². The van der Waals surface area contributed by atoms with E-state index in [1.807, 2.05) is 24.4 Å². The molecule has 2 N–H and O–H groups in total. The van der Waals surface area contributed by atoms with Gasteiger partial charge in [-0.15, -0.1) is 11.3 Å². The molecular formula is C26H26F3N3OS. The fraction of sp³-hybridized carbons (Fsp3) is 0.308. The maximum absolute atomic E-state index is 14.1. The van der Waals surface area contributed by atoms with Crippen LogP contribution in [0.1, 0.15) is 54.2 Å². The lowest BCUT2D eigenvalue weighted by atomic mass is 9.77. The highest BCUT2D eigenvalue weighted by Gasteiger charge is 2.48.